The topological polar surface area (TPSA) is 99.8 Å². The fourth-order valence-electron chi connectivity index (χ4n) is 5.52. The third kappa shape index (κ3) is 5.26. The Bertz CT molecular complexity index is 1360. The first kappa shape index (κ1) is 24.7. The Morgan fingerprint density at radius 1 is 0.946 bits per heavy atom. The summed E-state index contributed by atoms with van der Waals surface area (Å²) in [4.78, 5) is 39.2. The zero-order valence-corrected chi connectivity index (χ0v) is 21.2. The molecule has 1 aliphatic carbocycles. The molecule has 0 radical (unpaired) electrons. The second-order valence-electron chi connectivity index (χ2n) is 10.3. The van der Waals surface area contributed by atoms with Crippen molar-refractivity contribution in [1.82, 2.24) is 25.6 Å². The Kier molecular flexibility index (Phi) is 7.04. The monoisotopic (exact) mass is 495 g/mol. The van der Waals surface area contributed by atoms with Crippen LogP contribution in [0.2, 0.25) is 0 Å². The van der Waals surface area contributed by atoms with Crippen molar-refractivity contribution in [2.45, 2.75) is 56.4 Å². The highest BCUT2D eigenvalue weighted by Gasteiger charge is 2.40. The van der Waals surface area contributed by atoms with Gasteiger partial charge < -0.3 is 15.6 Å². The molecule has 1 unspecified atom stereocenters. The van der Waals surface area contributed by atoms with Gasteiger partial charge in [0.1, 0.15) is 11.2 Å². The summed E-state index contributed by atoms with van der Waals surface area (Å²) in [5.41, 5.74) is 1.85. The number of rotatable bonds is 8. The number of hydrogen-bond acceptors (Lipinski definition) is 4. The lowest BCUT2D eigenvalue weighted by Gasteiger charge is -2.38. The SMILES string of the molecule is CC(Cc1c[nH]c2ccccc12)(NC(=O)c1ccccn1)C(=O)NCC1(c2ccccn2)CCCCC1. The highest BCUT2D eigenvalue weighted by molar-refractivity contribution is 5.98. The van der Waals surface area contributed by atoms with Gasteiger partial charge >= 0.3 is 0 Å². The molecule has 3 heterocycles. The van der Waals surface area contributed by atoms with Crippen LogP contribution in [-0.2, 0) is 16.6 Å². The molecule has 2 amide bonds. The molecule has 1 aliphatic rings. The van der Waals surface area contributed by atoms with E-state index in [2.05, 4.69) is 31.7 Å². The van der Waals surface area contributed by atoms with Crippen molar-refractivity contribution in [2.75, 3.05) is 6.54 Å². The van der Waals surface area contributed by atoms with E-state index in [0.717, 1.165) is 47.8 Å². The first-order valence-corrected chi connectivity index (χ1v) is 13.0. The Hall–Kier alpha value is -4.00. The number of carbonyl (C=O) groups excluding carboxylic acids is 2. The van der Waals surface area contributed by atoms with Crippen molar-refractivity contribution in [3.05, 3.63) is 96.2 Å². The van der Waals surface area contributed by atoms with Crippen LogP contribution in [0.1, 0.15) is 60.8 Å². The fraction of sp³-hybridized carbons (Fsp3) is 0.333. The van der Waals surface area contributed by atoms with E-state index in [-0.39, 0.29) is 22.9 Å². The summed E-state index contributed by atoms with van der Waals surface area (Å²) in [6.07, 6.45) is 11.0. The van der Waals surface area contributed by atoms with E-state index < -0.39 is 5.54 Å². The summed E-state index contributed by atoms with van der Waals surface area (Å²) in [6.45, 7) is 2.27. The predicted molar refractivity (Wildman–Crippen MR) is 144 cm³/mol. The van der Waals surface area contributed by atoms with E-state index in [0.29, 0.717) is 13.0 Å². The van der Waals surface area contributed by atoms with Crippen LogP contribution < -0.4 is 10.6 Å². The highest BCUT2D eigenvalue weighted by Crippen LogP contribution is 2.38. The molecule has 3 N–H and O–H groups in total. The van der Waals surface area contributed by atoms with Gasteiger partial charge in [0.05, 0.1) is 0 Å². The predicted octanol–water partition coefficient (Wildman–Crippen LogP) is 4.71. The number of aromatic amines is 1. The smallest absolute Gasteiger partial charge is 0.270 e. The molecular formula is C30H33N5O2. The second kappa shape index (κ2) is 10.5. The molecule has 3 aromatic heterocycles. The molecule has 0 aliphatic heterocycles. The van der Waals surface area contributed by atoms with Gasteiger partial charge in [-0.3, -0.25) is 19.6 Å². The number of carbonyl (C=O) groups is 2. The first-order chi connectivity index (χ1) is 18.0. The van der Waals surface area contributed by atoms with E-state index in [4.69, 9.17) is 0 Å². The summed E-state index contributed by atoms with van der Waals surface area (Å²) in [5, 5.41) is 7.27. The number of hydrogen-bond donors (Lipinski definition) is 3. The third-order valence-corrected chi connectivity index (χ3v) is 7.61. The molecule has 0 bridgehead atoms. The van der Waals surface area contributed by atoms with Gasteiger partial charge in [0, 0.05) is 53.6 Å². The number of fused-ring (bicyclic) bond motifs is 1. The van der Waals surface area contributed by atoms with Crippen LogP contribution in [0.5, 0.6) is 0 Å². The molecule has 1 fully saturated rings. The molecule has 7 heteroatoms. The lowest BCUT2D eigenvalue weighted by molar-refractivity contribution is -0.127. The maximum absolute atomic E-state index is 13.9. The van der Waals surface area contributed by atoms with E-state index in [1.165, 1.54) is 6.42 Å². The number of para-hydroxylation sites is 1. The number of H-pyrrole nitrogens is 1. The molecule has 37 heavy (non-hydrogen) atoms. The van der Waals surface area contributed by atoms with Crippen LogP contribution in [0.15, 0.2) is 79.3 Å². The van der Waals surface area contributed by atoms with Crippen molar-refractivity contribution in [3.8, 4) is 0 Å². The molecule has 0 saturated heterocycles. The summed E-state index contributed by atoms with van der Waals surface area (Å²) in [5.74, 6) is -0.599. The summed E-state index contributed by atoms with van der Waals surface area (Å²) < 4.78 is 0. The van der Waals surface area contributed by atoms with Gasteiger partial charge in [0.15, 0.2) is 0 Å². The van der Waals surface area contributed by atoms with Crippen LogP contribution >= 0.6 is 0 Å². The van der Waals surface area contributed by atoms with Crippen molar-refractivity contribution in [2.24, 2.45) is 0 Å². The summed E-state index contributed by atoms with van der Waals surface area (Å²) in [7, 11) is 0. The van der Waals surface area contributed by atoms with Crippen LogP contribution in [0, 0.1) is 0 Å². The minimum atomic E-state index is -1.19. The second-order valence-corrected chi connectivity index (χ2v) is 10.3. The maximum Gasteiger partial charge on any atom is 0.270 e. The molecule has 5 rings (SSSR count). The van der Waals surface area contributed by atoms with Crippen molar-refractivity contribution in [3.63, 3.8) is 0 Å². The largest absolute Gasteiger partial charge is 0.361 e. The number of nitrogens with zero attached hydrogens (tertiary/aromatic N) is 2. The molecule has 4 aromatic rings. The van der Waals surface area contributed by atoms with Gasteiger partial charge in [-0.15, -0.1) is 0 Å². The standard InChI is InChI=1S/C30H33N5O2/c1-29(35-27(36)25-13-5-9-17-31-25,19-22-20-33-24-12-4-3-11-23(22)24)28(37)34-21-30(15-7-2-8-16-30)26-14-6-10-18-32-26/h3-6,9-14,17-18,20,33H,2,7-8,15-16,19,21H2,1H3,(H,34,37)(H,35,36). The average molecular weight is 496 g/mol. The normalized spacial score (nSPS) is 16.6. The minimum absolute atomic E-state index is 0.206. The quantitative estimate of drug-likeness (QED) is 0.330. The van der Waals surface area contributed by atoms with Gasteiger partial charge in [-0.1, -0.05) is 49.6 Å². The Morgan fingerprint density at radius 3 is 2.41 bits per heavy atom. The maximum atomic E-state index is 13.9. The number of nitrogens with one attached hydrogen (secondary N) is 3. The van der Waals surface area contributed by atoms with Crippen molar-refractivity contribution >= 4 is 22.7 Å². The zero-order chi connectivity index (χ0) is 25.7. The summed E-state index contributed by atoms with van der Waals surface area (Å²) >= 11 is 0. The molecule has 0 spiro atoms. The molecule has 1 aromatic carbocycles. The minimum Gasteiger partial charge on any atom is -0.361 e. The number of pyridine rings is 2. The Morgan fingerprint density at radius 2 is 1.68 bits per heavy atom. The van der Waals surface area contributed by atoms with Gasteiger partial charge in [-0.25, -0.2) is 0 Å². The lowest BCUT2D eigenvalue weighted by atomic mass is 9.71. The highest BCUT2D eigenvalue weighted by atomic mass is 16.2. The molecule has 7 nitrogen and oxygen atoms in total. The molecule has 190 valence electrons. The third-order valence-electron chi connectivity index (χ3n) is 7.61. The van der Waals surface area contributed by atoms with E-state index in [1.807, 2.05) is 48.8 Å². The lowest BCUT2D eigenvalue weighted by Crippen LogP contribution is -2.60. The zero-order valence-electron chi connectivity index (χ0n) is 21.2. The number of benzene rings is 1. The average Bonchev–Trinajstić information content (AvgIpc) is 3.35. The number of aromatic nitrogens is 3. The van der Waals surface area contributed by atoms with E-state index in [9.17, 15) is 9.59 Å². The van der Waals surface area contributed by atoms with Crippen LogP contribution in [0.25, 0.3) is 10.9 Å². The first-order valence-electron chi connectivity index (χ1n) is 13.0. The molecule has 1 saturated carbocycles. The van der Waals surface area contributed by atoms with Crippen molar-refractivity contribution < 1.29 is 9.59 Å². The Labute approximate surface area is 217 Å². The van der Waals surface area contributed by atoms with Crippen LogP contribution in [0.3, 0.4) is 0 Å². The van der Waals surface area contributed by atoms with Crippen molar-refractivity contribution in [1.29, 1.82) is 0 Å². The van der Waals surface area contributed by atoms with E-state index >= 15 is 0 Å². The van der Waals surface area contributed by atoms with Gasteiger partial charge in [-0.05, 0) is 55.7 Å². The van der Waals surface area contributed by atoms with E-state index in [1.54, 1.807) is 31.3 Å². The van der Waals surface area contributed by atoms with Gasteiger partial charge in [0.25, 0.3) is 5.91 Å². The number of amides is 2. The summed E-state index contributed by atoms with van der Waals surface area (Å²) in [6, 6.07) is 19.1. The molecule has 1 atom stereocenters. The van der Waals surface area contributed by atoms with Gasteiger partial charge in [-0.2, -0.15) is 0 Å². The fourth-order valence-corrected chi connectivity index (χ4v) is 5.52. The van der Waals surface area contributed by atoms with Crippen LogP contribution in [0.4, 0.5) is 0 Å². The van der Waals surface area contributed by atoms with Gasteiger partial charge in [0.2, 0.25) is 5.91 Å². The Balaban J connectivity index is 1.42. The van der Waals surface area contributed by atoms with Crippen LogP contribution in [-0.4, -0.2) is 38.8 Å². The molecular weight excluding hydrogens is 462 g/mol.